The van der Waals surface area contributed by atoms with Crippen molar-refractivity contribution in [1.82, 2.24) is 14.7 Å². The van der Waals surface area contributed by atoms with Gasteiger partial charge in [0.2, 0.25) is 0 Å². The van der Waals surface area contributed by atoms with Crippen LogP contribution < -0.4 is 5.76 Å². The summed E-state index contributed by atoms with van der Waals surface area (Å²) in [7, 11) is 1.44. The highest BCUT2D eigenvalue weighted by Crippen LogP contribution is 2.21. The van der Waals surface area contributed by atoms with Gasteiger partial charge in [0.1, 0.15) is 5.82 Å². The third kappa shape index (κ3) is 5.33. The van der Waals surface area contributed by atoms with Crippen molar-refractivity contribution >= 4 is 34.8 Å². The first-order valence-electron chi connectivity index (χ1n) is 8.79. The van der Waals surface area contributed by atoms with Crippen LogP contribution in [0.5, 0.6) is 0 Å². The molecule has 0 atom stereocenters. The topological polar surface area (TPSA) is 94.6 Å². The fraction of sp³-hybridized carbons (Fsp3) is 0.263. The lowest BCUT2D eigenvalue weighted by Crippen LogP contribution is -2.31. The van der Waals surface area contributed by atoms with Crippen molar-refractivity contribution in [2.24, 2.45) is 0 Å². The van der Waals surface area contributed by atoms with E-state index in [1.54, 1.807) is 12.1 Å². The average Bonchev–Trinajstić information content (AvgIpc) is 3.37. The summed E-state index contributed by atoms with van der Waals surface area (Å²) in [6.45, 7) is -0.640. The van der Waals surface area contributed by atoms with Gasteiger partial charge < -0.3 is 14.1 Å². The molecule has 1 aromatic carbocycles. The lowest BCUT2D eigenvalue weighted by molar-refractivity contribution is -0.152. The van der Waals surface area contributed by atoms with E-state index in [9.17, 15) is 18.8 Å². The predicted octanol–water partition coefficient (Wildman–Crippen LogP) is 2.95. The fourth-order valence-corrected chi connectivity index (χ4v) is 3.34. The molecule has 0 bridgehead atoms. The number of likely N-dealkylation sites (N-methyl/N-ethyl adjacent to an activating group) is 1. The third-order valence-corrected chi connectivity index (χ3v) is 5.32. The number of aromatic nitrogens is 2. The van der Waals surface area contributed by atoms with E-state index < -0.39 is 30.1 Å². The van der Waals surface area contributed by atoms with Gasteiger partial charge in [-0.05, 0) is 23.6 Å². The van der Waals surface area contributed by atoms with Crippen LogP contribution in [0.4, 0.5) is 4.39 Å². The Kier molecular flexibility index (Phi) is 7.01. The molecule has 0 unspecified atom stereocenters. The molecule has 1 amide bonds. The Morgan fingerprint density at radius 1 is 1.33 bits per heavy atom. The number of aryl methyl sites for hydroxylation is 1. The number of carbonyl (C=O) groups excluding carboxylic acids is 2. The molecule has 0 fully saturated rings. The molecule has 0 radical (unpaired) electrons. The van der Waals surface area contributed by atoms with E-state index in [1.165, 1.54) is 41.5 Å². The van der Waals surface area contributed by atoms with Gasteiger partial charge in [0, 0.05) is 24.2 Å². The van der Waals surface area contributed by atoms with E-state index in [0.717, 1.165) is 4.68 Å². The number of hydrogen-bond acceptors (Lipinski definition) is 7. The Morgan fingerprint density at radius 3 is 2.83 bits per heavy atom. The van der Waals surface area contributed by atoms with E-state index in [4.69, 9.17) is 20.8 Å². The van der Waals surface area contributed by atoms with Crippen LogP contribution in [0.3, 0.4) is 0 Å². The smallest absolute Gasteiger partial charge is 0.437 e. The number of nitrogens with zero attached hydrogens (tertiary/aromatic N) is 3. The standard InChI is InChI=1S/C19H17ClFN3O5S/c1-23(10-12-13(20)4-2-5-14(12)21)16(25)11-28-17(26)7-8-24-19(27)29-18(22-24)15-6-3-9-30-15/h2-6,9H,7-8,10-11H2,1H3. The quantitative estimate of drug-likeness (QED) is 0.487. The maximum Gasteiger partial charge on any atom is 0.437 e. The van der Waals surface area contributed by atoms with Gasteiger partial charge in [-0.25, -0.2) is 9.18 Å². The normalized spacial score (nSPS) is 10.8. The summed E-state index contributed by atoms with van der Waals surface area (Å²) in [5.74, 6) is -2.26. The average molecular weight is 454 g/mol. The molecule has 30 heavy (non-hydrogen) atoms. The van der Waals surface area contributed by atoms with E-state index in [2.05, 4.69) is 5.10 Å². The number of benzene rings is 1. The number of ether oxygens (including phenoxy) is 1. The first-order valence-corrected chi connectivity index (χ1v) is 10.0. The van der Waals surface area contributed by atoms with Crippen molar-refractivity contribution < 1.29 is 23.1 Å². The molecule has 0 N–H and O–H groups in total. The van der Waals surface area contributed by atoms with E-state index >= 15 is 0 Å². The highest BCUT2D eigenvalue weighted by atomic mass is 35.5. The van der Waals surface area contributed by atoms with Crippen LogP contribution in [-0.2, 0) is 27.4 Å². The van der Waals surface area contributed by atoms with Gasteiger partial charge in [0.05, 0.1) is 17.8 Å². The van der Waals surface area contributed by atoms with Gasteiger partial charge in [-0.1, -0.05) is 23.7 Å². The zero-order chi connectivity index (χ0) is 21.7. The third-order valence-electron chi connectivity index (χ3n) is 4.11. The summed E-state index contributed by atoms with van der Waals surface area (Å²) in [6, 6.07) is 7.79. The minimum absolute atomic E-state index is 0.0542. The molecule has 0 aliphatic heterocycles. The van der Waals surface area contributed by atoms with Gasteiger partial charge in [0.25, 0.3) is 11.8 Å². The zero-order valence-electron chi connectivity index (χ0n) is 15.8. The van der Waals surface area contributed by atoms with Crippen LogP contribution in [0.1, 0.15) is 12.0 Å². The molecule has 2 heterocycles. The molecule has 0 saturated carbocycles. The molecule has 158 valence electrons. The van der Waals surface area contributed by atoms with Crippen molar-refractivity contribution in [1.29, 1.82) is 0 Å². The first-order chi connectivity index (χ1) is 14.3. The van der Waals surface area contributed by atoms with E-state index in [0.29, 0.717) is 4.88 Å². The maximum atomic E-state index is 13.8. The Labute approximate surface area is 179 Å². The Balaban J connectivity index is 1.47. The largest absolute Gasteiger partial charge is 0.456 e. The second-order valence-electron chi connectivity index (χ2n) is 6.23. The maximum absolute atomic E-state index is 13.8. The number of esters is 1. The Bertz CT molecular complexity index is 1080. The molecule has 0 aliphatic rings. The molecule has 0 spiro atoms. The number of halogens is 2. The van der Waals surface area contributed by atoms with Gasteiger partial charge in [-0.15, -0.1) is 16.4 Å². The summed E-state index contributed by atoms with van der Waals surface area (Å²) >= 11 is 7.31. The van der Waals surface area contributed by atoms with Crippen molar-refractivity contribution in [2.45, 2.75) is 19.5 Å². The Hall–Kier alpha value is -2.98. The van der Waals surface area contributed by atoms with Crippen LogP contribution in [0.2, 0.25) is 5.02 Å². The molecular formula is C19H17ClFN3O5S. The lowest BCUT2D eigenvalue weighted by atomic mass is 10.2. The zero-order valence-corrected chi connectivity index (χ0v) is 17.4. The van der Waals surface area contributed by atoms with Crippen molar-refractivity contribution in [3.8, 4) is 10.8 Å². The monoisotopic (exact) mass is 453 g/mol. The number of carbonyl (C=O) groups is 2. The van der Waals surface area contributed by atoms with Gasteiger partial charge >= 0.3 is 11.7 Å². The SMILES string of the molecule is CN(Cc1c(F)cccc1Cl)C(=O)COC(=O)CCn1nc(-c2cccs2)oc1=O. The predicted molar refractivity (Wildman–Crippen MR) is 108 cm³/mol. The molecule has 3 aromatic rings. The van der Waals surface area contributed by atoms with Crippen LogP contribution >= 0.6 is 22.9 Å². The van der Waals surface area contributed by atoms with Crippen LogP contribution in [0.25, 0.3) is 10.8 Å². The molecule has 0 saturated heterocycles. The minimum atomic E-state index is -0.691. The van der Waals surface area contributed by atoms with E-state index in [-0.39, 0.29) is 36.0 Å². The lowest BCUT2D eigenvalue weighted by Gasteiger charge is -2.18. The van der Waals surface area contributed by atoms with Crippen molar-refractivity contribution in [2.75, 3.05) is 13.7 Å². The number of thiophene rings is 1. The van der Waals surface area contributed by atoms with E-state index in [1.807, 2.05) is 5.38 Å². The second-order valence-corrected chi connectivity index (χ2v) is 7.59. The van der Waals surface area contributed by atoms with Gasteiger partial charge in [-0.2, -0.15) is 4.68 Å². The second kappa shape index (κ2) is 9.68. The molecular weight excluding hydrogens is 437 g/mol. The molecule has 11 heteroatoms. The number of rotatable bonds is 8. The number of amides is 1. The van der Waals surface area contributed by atoms with Crippen molar-refractivity contribution in [3.05, 3.63) is 62.7 Å². The molecule has 3 rings (SSSR count). The first kappa shape index (κ1) is 21.7. The fourth-order valence-electron chi connectivity index (χ4n) is 2.48. The molecule has 8 nitrogen and oxygen atoms in total. The molecule has 0 aliphatic carbocycles. The molecule has 2 aromatic heterocycles. The van der Waals surface area contributed by atoms with Gasteiger partial charge in [-0.3, -0.25) is 9.59 Å². The highest BCUT2D eigenvalue weighted by Gasteiger charge is 2.17. The summed E-state index contributed by atoms with van der Waals surface area (Å²) in [5, 5.41) is 6.05. The van der Waals surface area contributed by atoms with Gasteiger partial charge in [0.15, 0.2) is 6.61 Å². The number of hydrogen-bond donors (Lipinski definition) is 0. The van der Waals surface area contributed by atoms with Crippen LogP contribution in [0, 0.1) is 5.82 Å². The van der Waals surface area contributed by atoms with Crippen LogP contribution in [-0.4, -0.2) is 40.2 Å². The minimum Gasteiger partial charge on any atom is -0.456 e. The van der Waals surface area contributed by atoms with Crippen LogP contribution in [0.15, 0.2) is 44.9 Å². The summed E-state index contributed by atoms with van der Waals surface area (Å²) < 4.78 is 24.8. The summed E-state index contributed by atoms with van der Waals surface area (Å²) in [4.78, 5) is 37.8. The Morgan fingerprint density at radius 2 is 2.13 bits per heavy atom. The summed E-state index contributed by atoms with van der Waals surface area (Å²) in [6.07, 6.45) is -0.174. The highest BCUT2D eigenvalue weighted by molar-refractivity contribution is 7.13. The summed E-state index contributed by atoms with van der Waals surface area (Å²) in [5.41, 5.74) is 0.174. The van der Waals surface area contributed by atoms with Crippen molar-refractivity contribution in [3.63, 3.8) is 0 Å².